The van der Waals surface area contributed by atoms with Crippen molar-refractivity contribution in [2.75, 3.05) is 0 Å². The Bertz CT molecular complexity index is 2960. The van der Waals surface area contributed by atoms with Crippen LogP contribution in [0.4, 0.5) is 0 Å². The summed E-state index contributed by atoms with van der Waals surface area (Å²) in [6, 6.07) is 60.1. The van der Waals surface area contributed by atoms with E-state index in [0.29, 0.717) is 0 Å². The molecule has 0 fully saturated rings. The Morgan fingerprint density at radius 3 is 0.981 bits per heavy atom. The zero-order chi connectivity index (χ0) is 36.1. The van der Waals surface area contributed by atoms with E-state index in [1.807, 2.05) is 0 Å². The largest absolute Gasteiger partial charge is 0.309 e. The molecule has 0 spiro atoms. The van der Waals surface area contributed by atoms with Crippen LogP contribution in [-0.4, -0.2) is 25.3 Å². The maximum absolute atomic E-state index is 2.58. The molecule has 2 nitrogen and oxygen atoms in total. The molecule has 8 aromatic carbocycles. The lowest BCUT2D eigenvalue weighted by molar-refractivity contribution is 1.18. The summed E-state index contributed by atoms with van der Waals surface area (Å²) in [5.74, 6) is 0. The average Bonchev–Trinajstić information content (AvgIpc) is 3.72. The predicted octanol–water partition coefficient (Wildman–Crippen LogP) is 10.6. The minimum Gasteiger partial charge on any atom is -0.309 e. The number of para-hydroxylation sites is 4. The maximum atomic E-state index is 2.58. The highest BCUT2D eigenvalue weighted by Crippen LogP contribution is 2.42. The quantitative estimate of drug-likeness (QED) is 0.157. The molecule has 4 heterocycles. The Hall–Kier alpha value is -5.95. The van der Waals surface area contributed by atoms with E-state index >= 15 is 0 Å². The molecular weight excluding hydrogens is 685 g/mol. The summed E-state index contributed by atoms with van der Waals surface area (Å²) in [7, 11) is -4.22. The molecule has 54 heavy (non-hydrogen) atoms. The first kappa shape index (κ1) is 30.5. The molecule has 0 atom stereocenters. The van der Waals surface area contributed by atoms with Gasteiger partial charge in [-0.25, -0.2) is 0 Å². The summed E-state index contributed by atoms with van der Waals surface area (Å²) in [5, 5.41) is 14.4. The van der Waals surface area contributed by atoms with Crippen LogP contribution in [0.2, 0.25) is 26.2 Å². The average molecular weight is 723 g/mol. The van der Waals surface area contributed by atoms with Crippen LogP contribution >= 0.6 is 0 Å². The third-order valence-electron chi connectivity index (χ3n) is 13.1. The summed E-state index contributed by atoms with van der Waals surface area (Å²) in [6.45, 7) is 10.3. The van der Waals surface area contributed by atoms with Crippen molar-refractivity contribution in [1.29, 1.82) is 0 Å². The lowest BCUT2D eigenvalue weighted by Crippen LogP contribution is -2.59. The molecule has 0 amide bonds. The van der Waals surface area contributed by atoms with Crippen molar-refractivity contribution in [1.82, 2.24) is 9.13 Å². The molecule has 2 aromatic heterocycles. The molecule has 0 unspecified atom stereocenters. The van der Waals surface area contributed by atoms with Crippen molar-refractivity contribution in [2.24, 2.45) is 0 Å². The molecule has 12 rings (SSSR count). The van der Waals surface area contributed by atoms with Gasteiger partial charge in [-0.2, -0.15) is 0 Å². The van der Waals surface area contributed by atoms with Gasteiger partial charge in [0.25, 0.3) is 0 Å². The third-order valence-corrected chi connectivity index (χ3v) is 20.2. The van der Waals surface area contributed by atoms with Gasteiger partial charge in [0, 0.05) is 32.9 Å². The minimum absolute atomic E-state index is 1.25. The Labute approximate surface area is 316 Å². The van der Waals surface area contributed by atoms with Crippen LogP contribution in [-0.2, 0) is 0 Å². The van der Waals surface area contributed by atoms with E-state index in [9.17, 15) is 0 Å². The van der Waals surface area contributed by atoms with Crippen LogP contribution in [0.1, 0.15) is 0 Å². The van der Waals surface area contributed by atoms with Gasteiger partial charge in [0.2, 0.25) is 0 Å². The Morgan fingerprint density at radius 2 is 0.630 bits per heavy atom. The lowest BCUT2D eigenvalue weighted by Gasteiger charge is -2.39. The van der Waals surface area contributed by atoms with Crippen molar-refractivity contribution in [3.05, 3.63) is 158 Å². The van der Waals surface area contributed by atoms with Crippen molar-refractivity contribution in [3.8, 4) is 33.6 Å². The summed E-state index contributed by atoms with van der Waals surface area (Å²) in [4.78, 5) is 0. The standard InChI is InChI=1S/C50H38N2Si2/c1-53(2)45-27-28-46-50-40(38-24-22-32(30-48(38)54(46,3)4)52-43-19-11-7-15-35(43)36-16-8-12-20-44(36)52)26-25-39(49(45)50)37-23-21-31(29-47(37)53)51-41-17-9-5-13-33(41)34-14-6-10-18-42(34)51/h5-30H,1-4H3. The van der Waals surface area contributed by atoms with Crippen molar-refractivity contribution >= 4 is 91.3 Å². The molecule has 10 aromatic rings. The molecule has 0 saturated carbocycles. The lowest BCUT2D eigenvalue weighted by atomic mass is 9.90. The Kier molecular flexibility index (Phi) is 5.86. The molecule has 2 aliphatic rings. The van der Waals surface area contributed by atoms with Crippen LogP contribution in [0, 0.1) is 0 Å². The zero-order valence-electron chi connectivity index (χ0n) is 30.9. The summed E-state index contributed by atoms with van der Waals surface area (Å²) in [5.41, 5.74) is 13.2. The van der Waals surface area contributed by atoms with Gasteiger partial charge < -0.3 is 9.13 Å². The second-order valence-electron chi connectivity index (χ2n) is 16.5. The number of benzene rings is 8. The highest BCUT2D eigenvalue weighted by Gasteiger charge is 2.41. The van der Waals surface area contributed by atoms with Gasteiger partial charge in [-0.15, -0.1) is 0 Å². The topological polar surface area (TPSA) is 9.86 Å². The molecule has 4 heteroatoms. The maximum Gasteiger partial charge on any atom is 0.113 e. The first-order valence-electron chi connectivity index (χ1n) is 19.2. The number of fused-ring (bicyclic) bond motifs is 10. The fraction of sp³-hybridized carbons (Fsp3) is 0.0800. The first-order chi connectivity index (χ1) is 26.3. The molecule has 0 bridgehead atoms. The fourth-order valence-corrected chi connectivity index (χ4v) is 16.7. The van der Waals surface area contributed by atoms with E-state index in [4.69, 9.17) is 0 Å². The molecule has 0 radical (unpaired) electrons. The summed E-state index contributed by atoms with van der Waals surface area (Å²) < 4.78 is 4.95. The number of hydrogen-bond acceptors (Lipinski definition) is 0. The highest BCUT2D eigenvalue weighted by atomic mass is 28.3. The van der Waals surface area contributed by atoms with Crippen LogP contribution in [0.15, 0.2) is 158 Å². The zero-order valence-corrected chi connectivity index (χ0v) is 32.9. The number of nitrogens with zero attached hydrogens (tertiary/aromatic N) is 2. The van der Waals surface area contributed by atoms with Gasteiger partial charge in [-0.1, -0.05) is 135 Å². The van der Waals surface area contributed by atoms with Crippen molar-refractivity contribution < 1.29 is 0 Å². The minimum atomic E-state index is -2.11. The van der Waals surface area contributed by atoms with E-state index < -0.39 is 16.1 Å². The smallest absolute Gasteiger partial charge is 0.113 e. The molecular formula is C50H38N2Si2. The monoisotopic (exact) mass is 722 g/mol. The van der Waals surface area contributed by atoms with E-state index in [1.54, 1.807) is 10.4 Å². The summed E-state index contributed by atoms with van der Waals surface area (Å²) in [6.07, 6.45) is 0. The fourth-order valence-electron chi connectivity index (χ4n) is 10.5. The molecule has 2 aliphatic heterocycles. The normalized spacial score (nSPS) is 15.0. The van der Waals surface area contributed by atoms with Crippen LogP contribution in [0.3, 0.4) is 0 Å². The highest BCUT2D eigenvalue weighted by molar-refractivity contribution is 7.05. The SMILES string of the molecule is C[Si]1(C)c2cc(-n3c4ccccc4c4ccccc43)ccc2-c2ccc3c4c(ccc1c24)[Si](C)(C)c1cc(-n2c4ccccc4c4ccccc42)ccc1-3. The van der Waals surface area contributed by atoms with Gasteiger partial charge in [0.1, 0.15) is 16.1 Å². The van der Waals surface area contributed by atoms with Crippen molar-refractivity contribution in [3.63, 3.8) is 0 Å². The Balaban J connectivity index is 1.07. The van der Waals surface area contributed by atoms with Crippen LogP contribution < -0.4 is 20.7 Å². The number of rotatable bonds is 2. The molecule has 0 N–H and O–H groups in total. The van der Waals surface area contributed by atoms with Crippen LogP contribution in [0.25, 0.3) is 88.0 Å². The van der Waals surface area contributed by atoms with E-state index in [0.717, 1.165) is 0 Å². The van der Waals surface area contributed by atoms with Gasteiger partial charge in [0.05, 0.1) is 22.1 Å². The first-order valence-corrected chi connectivity index (χ1v) is 25.2. The van der Waals surface area contributed by atoms with Gasteiger partial charge in [0.15, 0.2) is 0 Å². The van der Waals surface area contributed by atoms with Crippen LogP contribution in [0.5, 0.6) is 0 Å². The van der Waals surface area contributed by atoms with E-state index in [1.165, 1.54) is 98.4 Å². The number of aromatic nitrogens is 2. The van der Waals surface area contributed by atoms with E-state index in [-0.39, 0.29) is 0 Å². The predicted molar refractivity (Wildman–Crippen MR) is 237 cm³/mol. The van der Waals surface area contributed by atoms with Gasteiger partial charge in [-0.05, 0) is 102 Å². The second kappa shape index (κ2) is 10.4. The second-order valence-corrected chi connectivity index (χ2v) is 25.2. The molecule has 256 valence electrons. The third kappa shape index (κ3) is 3.74. The Morgan fingerprint density at radius 1 is 0.315 bits per heavy atom. The molecule has 0 aliphatic carbocycles. The van der Waals surface area contributed by atoms with Gasteiger partial charge >= 0.3 is 0 Å². The summed E-state index contributed by atoms with van der Waals surface area (Å²) >= 11 is 0. The van der Waals surface area contributed by atoms with E-state index in [2.05, 4.69) is 193 Å². The number of hydrogen-bond donors (Lipinski definition) is 0. The molecule has 0 saturated heterocycles. The van der Waals surface area contributed by atoms with Gasteiger partial charge in [-0.3, -0.25) is 0 Å². The van der Waals surface area contributed by atoms with Crippen molar-refractivity contribution in [2.45, 2.75) is 26.2 Å².